The van der Waals surface area contributed by atoms with Crippen molar-refractivity contribution in [1.29, 1.82) is 0 Å². The van der Waals surface area contributed by atoms with Gasteiger partial charge < -0.3 is 14.2 Å². The number of hydrogen-bond acceptors (Lipinski definition) is 5. The lowest BCUT2D eigenvalue weighted by atomic mass is 10.2. The van der Waals surface area contributed by atoms with Crippen LogP contribution in [0.5, 0.6) is 0 Å². The molecule has 1 heterocycles. The first kappa shape index (κ1) is 14.5. The lowest BCUT2D eigenvalue weighted by Crippen LogP contribution is -2.35. The lowest BCUT2D eigenvalue weighted by molar-refractivity contribution is -0.204. The van der Waals surface area contributed by atoms with Crippen LogP contribution in [-0.2, 0) is 30.3 Å². The predicted molar refractivity (Wildman–Crippen MR) is 70.3 cm³/mol. The van der Waals surface area contributed by atoms with Gasteiger partial charge in [0.1, 0.15) is 13.2 Å². The van der Waals surface area contributed by atoms with Crippen LogP contribution in [0.4, 0.5) is 0 Å². The summed E-state index contributed by atoms with van der Waals surface area (Å²) in [5, 5.41) is 0. The van der Waals surface area contributed by atoms with Crippen LogP contribution in [-0.4, -0.2) is 31.3 Å². The molecule has 5 nitrogen and oxygen atoms in total. The largest absolute Gasteiger partial charge is 0.433 e. The van der Waals surface area contributed by atoms with Crippen LogP contribution in [0.25, 0.3) is 0 Å². The Morgan fingerprint density at radius 1 is 1.50 bits per heavy atom. The van der Waals surface area contributed by atoms with Crippen LogP contribution >= 0.6 is 0 Å². The van der Waals surface area contributed by atoms with E-state index in [4.69, 9.17) is 25.4 Å². The maximum absolute atomic E-state index is 10.9. The molecule has 0 N–H and O–H groups in total. The summed E-state index contributed by atoms with van der Waals surface area (Å²) in [6.07, 6.45) is 4.63. The maximum atomic E-state index is 10.9. The number of ether oxygens (including phenoxy) is 4. The van der Waals surface area contributed by atoms with Crippen LogP contribution in [0.2, 0.25) is 0 Å². The minimum atomic E-state index is -1.30. The number of carbonyl (C=O) groups excluding carboxylic acids is 1. The molecule has 0 spiro atoms. The van der Waals surface area contributed by atoms with E-state index in [1.807, 2.05) is 30.3 Å². The summed E-state index contributed by atoms with van der Waals surface area (Å²) in [5.74, 6) is 0.662. The average molecular weight is 276 g/mol. The molecule has 0 unspecified atom stereocenters. The number of esters is 1. The van der Waals surface area contributed by atoms with E-state index in [9.17, 15) is 4.79 Å². The van der Waals surface area contributed by atoms with Crippen LogP contribution < -0.4 is 0 Å². The number of carbonyl (C=O) groups is 1. The van der Waals surface area contributed by atoms with Crippen molar-refractivity contribution in [1.82, 2.24) is 0 Å². The van der Waals surface area contributed by atoms with Crippen molar-refractivity contribution in [2.45, 2.75) is 25.6 Å². The highest BCUT2D eigenvalue weighted by atomic mass is 16.8. The molecule has 0 radical (unpaired) electrons. The summed E-state index contributed by atoms with van der Waals surface area (Å²) < 4.78 is 21.2. The van der Waals surface area contributed by atoms with E-state index in [-0.39, 0.29) is 13.2 Å². The maximum Gasteiger partial charge on any atom is 0.305 e. The summed E-state index contributed by atoms with van der Waals surface area (Å²) >= 11 is 0. The molecule has 106 valence electrons. The van der Waals surface area contributed by atoms with E-state index >= 15 is 0 Å². The third kappa shape index (κ3) is 3.81. The molecule has 5 heteroatoms. The average Bonchev–Trinajstić information content (AvgIpc) is 2.83. The Hall–Kier alpha value is -1.87. The summed E-state index contributed by atoms with van der Waals surface area (Å²) in [6.45, 7) is 1.86. The summed E-state index contributed by atoms with van der Waals surface area (Å²) in [7, 11) is 0. The fraction of sp³-hybridized carbons (Fsp3) is 0.400. The second-order valence-corrected chi connectivity index (χ2v) is 4.34. The fourth-order valence-electron chi connectivity index (χ4n) is 1.80. The van der Waals surface area contributed by atoms with Gasteiger partial charge in [0.2, 0.25) is 6.29 Å². The molecule has 2 rings (SSSR count). The van der Waals surface area contributed by atoms with Crippen LogP contribution in [0.15, 0.2) is 30.3 Å². The topological polar surface area (TPSA) is 54.0 Å². The molecular weight excluding hydrogens is 260 g/mol. The highest BCUT2D eigenvalue weighted by Gasteiger charge is 2.42. The number of benzene rings is 1. The predicted octanol–water partition coefficient (Wildman–Crippen LogP) is 1.47. The molecule has 1 aromatic carbocycles. The van der Waals surface area contributed by atoms with E-state index in [0.29, 0.717) is 6.61 Å². The number of hydrogen-bond donors (Lipinski definition) is 0. The Bertz CT molecular complexity index is 493. The van der Waals surface area contributed by atoms with Crippen molar-refractivity contribution in [3.63, 3.8) is 0 Å². The van der Waals surface area contributed by atoms with Gasteiger partial charge >= 0.3 is 5.97 Å². The van der Waals surface area contributed by atoms with Crippen LogP contribution in [0.3, 0.4) is 0 Å². The van der Waals surface area contributed by atoms with Gasteiger partial charge in [-0.1, -0.05) is 30.3 Å². The molecule has 0 saturated carbocycles. The minimum Gasteiger partial charge on any atom is -0.433 e. The molecule has 2 atom stereocenters. The van der Waals surface area contributed by atoms with E-state index in [1.165, 1.54) is 6.92 Å². The fourth-order valence-corrected chi connectivity index (χ4v) is 1.80. The molecule has 20 heavy (non-hydrogen) atoms. The van der Waals surface area contributed by atoms with E-state index in [2.05, 4.69) is 5.92 Å². The molecule has 1 aliphatic heterocycles. The Morgan fingerprint density at radius 2 is 2.25 bits per heavy atom. The van der Waals surface area contributed by atoms with Gasteiger partial charge in [-0.3, -0.25) is 9.53 Å². The summed E-state index contributed by atoms with van der Waals surface area (Å²) in [4.78, 5) is 10.9. The second kappa shape index (κ2) is 6.53. The van der Waals surface area contributed by atoms with Gasteiger partial charge in [0.15, 0.2) is 0 Å². The van der Waals surface area contributed by atoms with E-state index in [1.54, 1.807) is 0 Å². The van der Waals surface area contributed by atoms with Gasteiger partial charge in [-0.25, -0.2) is 0 Å². The molecule has 0 aliphatic carbocycles. The smallest absolute Gasteiger partial charge is 0.305 e. The molecule has 0 bridgehead atoms. The first-order valence-corrected chi connectivity index (χ1v) is 6.22. The first-order chi connectivity index (χ1) is 9.63. The molecule has 0 amide bonds. The molecule has 1 aromatic rings. The zero-order valence-corrected chi connectivity index (χ0v) is 11.2. The minimum absolute atomic E-state index is 0.0656. The Kier molecular flexibility index (Phi) is 4.74. The van der Waals surface area contributed by atoms with Gasteiger partial charge in [0.25, 0.3) is 5.79 Å². The number of terminal acetylenes is 1. The van der Waals surface area contributed by atoms with Crippen molar-refractivity contribution >= 4 is 5.97 Å². The van der Waals surface area contributed by atoms with E-state index in [0.717, 1.165) is 5.56 Å². The van der Waals surface area contributed by atoms with E-state index < -0.39 is 18.0 Å². The summed E-state index contributed by atoms with van der Waals surface area (Å²) in [6, 6.07) is 9.67. The van der Waals surface area contributed by atoms with Crippen LogP contribution in [0.1, 0.15) is 12.5 Å². The van der Waals surface area contributed by atoms with Gasteiger partial charge in [-0.2, -0.15) is 0 Å². The normalized spacial score (nSPS) is 25.1. The molecule has 1 aliphatic rings. The van der Waals surface area contributed by atoms with Gasteiger partial charge in [-0.15, -0.1) is 6.42 Å². The van der Waals surface area contributed by atoms with Crippen molar-refractivity contribution < 1.29 is 23.7 Å². The Balaban J connectivity index is 1.84. The van der Waals surface area contributed by atoms with Crippen molar-refractivity contribution in [3.8, 4) is 12.3 Å². The highest BCUT2D eigenvalue weighted by molar-refractivity contribution is 5.66. The standard InChI is InChI=1S/C15H16O5/c1-3-15(18-10-14(20-15)19-12(2)16)11-17-9-13-7-5-4-6-8-13/h1,4-8,14H,9-11H2,2H3/t14-,15-/m1/s1. The number of rotatable bonds is 5. The first-order valence-electron chi connectivity index (χ1n) is 6.22. The Labute approximate surface area is 117 Å². The third-order valence-corrected chi connectivity index (χ3v) is 2.70. The third-order valence-electron chi connectivity index (χ3n) is 2.70. The highest BCUT2D eigenvalue weighted by Crippen LogP contribution is 2.24. The van der Waals surface area contributed by atoms with Crippen molar-refractivity contribution in [2.24, 2.45) is 0 Å². The molecule has 1 fully saturated rings. The van der Waals surface area contributed by atoms with Crippen molar-refractivity contribution in [3.05, 3.63) is 35.9 Å². The Morgan fingerprint density at radius 3 is 2.90 bits per heavy atom. The monoisotopic (exact) mass is 276 g/mol. The lowest BCUT2D eigenvalue weighted by Gasteiger charge is -2.21. The zero-order chi connectivity index (χ0) is 14.4. The SMILES string of the molecule is C#C[C@@]1(COCc2ccccc2)OC[C@H](OC(C)=O)O1. The van der Waals surface area contributed by atoms with Gasteiger partial charge in [-0.05, 0) is 11.5 Å². The van der Waals surface area contributed by atoms with Gasteiger partial charge in [0, 0.05) is 6.92 Å². The quantitative estimate of drug-likeness (QED) is 0.602. The van der Waals surface area contributed by atoms with Crippen LogP contribution in [0, 0.1) is 12.3 Å². The summed E-state index contributed by atoms with van der Waals surface area (Å²) in [5.41, 5.74) is 1.02. The second-order valence-electron chi connectivity index (χ2n) is 4.34. The zero-order valence-electron chi connectivity index (χ0n) is 11.2. The van der Waals surface area contributed by atoms with Crippen molar-refractivity contribution in [2.75, 3.05) is 13.2 Å². The van der Waals surface area contributed by atoms with Gasteiger partial charge in [0.05, 0.1) is 6.61 Å². The molecular formula is C15H16O5. The molecule has 0 aromatic heterocycles. The molecule has 1 saturated heterocycles.